The van der Waals surface area contributed by atoms with E-state index in [4.69, 9.17) is 23.2 Å². The molecule has 2 heterocycles. The van der Waals surface area contributed by atoms with Crippen LogP contribution < -0.4 is 5.32 Å². The molecule has 1 N–H and O–H groups in total. The summed E-state index contributed by atoms with van der Waals surface area (Å²) < 4.78 is 14.9. The molecule has 0 saturated carbocycles. The Hall–Kier alpha value is -2.02. The monoisotopic (exact) mass is 407 g/mol. The predicted octanol–water partition coefficient (Wildman–Crippen LogP) is 5.32. The molecule has 3 aromatic rings. The SMILES string of the molecule is O=C(Nc1c2c(nn1-c1ccc(F)cc1)CSC2)c1cc(Cl)ccc1Cl. The Morgan fingerprint density at radius 3 is 2.69 bits per heavy atom. The molecular weight excluding hydrogens is 396 g/mol. The van der Waals surface area contributed by atoms with Gasteiger partial charge in [-0.1, -0.05) is 23.2 Å². The number of nitrogens with one attached hydrogen (secondary N) is 1. The van der Waals surface area contributed by atoms with Gasteiger partial charge in [-0.3, -0.25) is 4.79 Å². The second-order valence-electron chi connectivity index (χ2n) is 5.73. The summed E-state index contributed by atoms with van der Waals surface area (Å²) in [5, 5.41) is 8.21. The van der Waals surface area contributed by atoms with E-state index in [2.05, 4.69) is 10.4 Å². The number of halogens is 3. The second-order valence-corrected chi connectivity index (χ2v) is 7.56. The number of hydrogen-bond acceptors (Lipinski definition) is 3. The van der Waals surface area contributed by atoms with Gasteiger partial charge < -0.3 is 5.32 Å². The smallest absolute Gasteiger partial charge is 0.258 e. The molecular formula is C18H12Cl2FN3OS. The fourth-order valence-corrected chi connectivity index (χ4v) is 4.17. The highest BCUT2D eigenvalue weighted by Crippen LogP contribution is 2.36. The number of benzene rings is 2. The Morgan fingerprint density at radius 1 is 1.15 bits per heavy atom. The van der Waals surface area contributed by atoms with Crippen LogP contribution in [0.25, 0.3) is 5.69 Å². The number of fused-ring (bicyclic) bond motifs is 1. The van der Waals surface area contributed by atoms with Gasteiger partial charge in [-0.25, -0.2) is 9.07 Å². The van der Waals surface area contributed by atoms with Gasteiger partial charge >= 0.3 is 0 Å². The number of nitrogens with zero attached hydrogens (tertiary/aromatic N) is 2. The molecule has 4 rings (SSSR count). The van der Waals surface area contributed by atoms with Gasteiger partial charge in [0.1, 0.15) is 11.6 Å². The minimum absolute atomic E-state index is 0.283. The summed E-state index contributed by atoms with van der Waals surface area (Å²) in [5.74, 6) is 1.37. The molecule has 0 unspecified atom stereocenters. The van der Waals surface area contributed by atoms with E-state index in [9.17, 15) is 9.18 Å². The first-order valence-corrected chi connectivity index (χ1v) is 9.65. The molecule has 1 aliphatic heterocycles. The molecule has 0 aliphatic carbocycles. The predicted molar refractivity (Wildman–Crippen MR) is 103 cm³/mol. The van der Waals surface area contributed by atoms with Gasteiger partial charge in [0.05, 0.1) is 22.0 Å². The standard InChI is InChI=1S/C18H12Cl2FN3OS/c19-10-1-6-15(20)13(7-10)18(25)22-17-14-8-26-9-16(14)23-24(17)12-4-2-11(21)3-5-12/h1-7H,8-9H2,(H,22,25). The molecule has 8 heteroatoms. The third kappa shape index (κ3) is 3.20. The number of rotatable bonds is 3. The zero-order chi connectivity index (χ0) is 18.3. The average molecular weight is 408 g/mol. The van der Waals surface area contributed by atoms with Crippen LogP contribution in [0.4, 0.5) is 10.2 Å². The van der Waals surface area contributed by atoms with Crippen molar-refractivity contribution in [2.75, 3.05) is 5.32 Å². The Bertz CT molecular complexity index is 1000. The van der Waals surface area contributed by atoms with Crippen molar-refractivity contribution in [1.82, 2.24) is 9.78 Å². The quantitative estimate of drug-likeness (QED) is 0.638. The fraction of sp³-hybridized carbons (Fsp3) is 0.111. The van der Waals surface area contributed by atoms with E-state index in [1.54, 1.807) is 40.7 Å². The summed E-state index contributed by atoms with van der Waals surface area (Å²) in [6.45, 7) is 0. The van der Waals surface area contributed by atoms with E-state index in [0.29, 0.717) is 21.6 Å². The lowest BCUT2D eigenvalue weighted by atomic mass is 10.2. The van der Waals surface area contributed by atoms with Crippen molar-refractivity contribution < 1.29 is 9.18 Å². The minimum Gasteiger partial charge on any atom is -0.306 e. The number of thioether (sulfide) groups is 1. The summed E-state index contributed by atoms with van der Waals surface area (Å²) in [4.78, 5) is 12.8. The molecule has 2 aromatic carbocycles. The minimum atomic E-state index is -0.375. The zero-order valence-corrected chi connectivity index (χ0v) is 15.6. The van der Waals surface area contributed by atoms with Crippen LogP contribution in [0.3, 0.4) is 0 Å². The van der Waals surface area contributed by atoms with E-state index >= 15 is 0 Å². The van der Waals surface area contributed by atoms with E-state index in [-0.39, 0.29) is 17.3 Å². The number of carbonyl (C=O) groups is 1. The molecule has 0 saturated heterocycles. The first-order chi connectivity index (χ1) is 12.5. The normalized spacial score (nSPS) is 12.9. The molecule has 26 heavy (non-hydrogen) atoms. The number of amides is 1. The van der Waals surface area contributed by atoms with Crippen LogP contribution in [0.5, 0.6) is 0 Å². The third-order valence-corrected chi connectivity index (χ3v) is 5.56. The Labute approximate surface area is 163 Å². The van der Waals surface area contributed by atoms with Crippen LogP contribution in [0.2, 0.25) is 10.0 Å². The number of aromatic nitrogens is 2. The third-order valence-electron chi connectivity index (χ3n) is 4.03. The molecule has 0 radical (unpaired) electrons. The molecule has 0 fully saturated rings. The van der Waals surface area contributed by atoms with E-state index in [0.717, 1.165) is 22.8 Å². The molecule has 1 aliphatic rings. The first kappa shape index (κ1) is 17.4. The molecule has 0 spiro atoms. The van der Waals surface area contributed by atoms with E-state index < -0.39 is 0 Å². The zero-order valence-electron chi connectivity index (χ0n) is 13.3. The van der Waals surface area contributed by atoms with Crippen molar-refractivity contribution in [1.29, 1.82) is 0 Å². The van der Waals surface area contributed by atoms with Gasteiger partial charge in [0.2, 0.25) is 0 Å². The lowest BCUT2D eigenvalue weighted by Crippen LogP contribution is -2.16. The van der Waals surface area contributed by atoms with Gasteiger partial charge in [0.15, 0.2) is 0 Å². The van der Waals surface area contributed by atoms with Crippen molar-refractivity contribution in [3.63, 3.8) is 0 Å². The second kappa shape index (κ2) is 6.95. The van der Waals surface area contributed by atoms with Gasteiger partial charge in [0.25, 0.3) is 5.91 Å². The lowest BCUT2D eigenvalue weighted by molar-refractivity contribution is 0.102. The van der Waals surface area contributed by atoms with Crippen LogP contribution in [0, 0.1) is 5.82 Å². The Morgan fingerprint density at radius 2 is 1.92 bits per heavy atom. The van der Waals surface area contributed by atoms with Gasteiger partial charge in [0, 0.05) is 22.1 Å². The molecule has 1 amide bonds. The first-order valence-electron chi connectivity index (χ1n) is 7.74. The summed E-state index contributed by atoms with van der Waals surface area (Å²) >= 11 is 13.8. The highest BCUT2D eigenvalue weighted by molar-refractivity contribution is 7.98. The van der Waals surface area contributed by atoms with Crippen molar-refractivity contribution >= 4 is 46.7 Å². The largest absolute Gasteiger partial charge is 0.306 e. The number of carbonyl (C=O) groups excluding carboxylic acids is 1. The summed E-state index contributed by atoms with van der Waals surface area (Å²) in [6.07, 6.45) is 0. The summed E-state index contributed by atoms with van der Waals surface area (Å²) in [5.41, 5.74) is 2.82. The van der Waals surface area contributed by atoms with Crippen molar-refractivity contribution in [3.8, 4) is 5.69 Å². The average Bonchev–Trinajstić information content (AvgIpc) is 3.20. The Balaban J connectivity index is 1.75. The van der Waals surface area contributed by atoms with Crippen molar-refractivity contribution in [2.24, 2.45) is 0 Å². The summed E-state index contributed by atoms with van der Waals surface area (Å²) in [6, 6.07) is 10.7. The van der Waals surface area contributed by atoms with E-state index in [1.807, 2.05) is 0 Å². The molecule has 4 nitrogen and oxygen atoms in total. The van der Waals surface area contributed by atoms with Crippen molar-refractivity contribution in [3.05, 3.63) is 75.1 Å². The highest BCUT2D eigenvalue weighted by atomic mass is 35.5. The molecule has 0 bridgehead atoms. The van der Waals surface area contributed by atoms with Gasteiger partial charge in [-0.15, -0.1) is 0 Å². The molecule has 0 atom stereocenters. The Kier molecular flexibility index (Phi) is 4.65. The van der Waals surface area contributed by atoms with Crippen LogP contribution >= 0.6 is 35.0 Å². The molecule has 1 aromatic heterocycles. The van der Waals surface area contributed by atoms with Crippen molar-refractivity contribution in [2.45, 2.75) is 11.5 Å². The highest BCUT2D eigenvalue weighted by Gasteiger charge is 2.25. The van der Waals surface area contributed by atoms with Crippen LogP contribution in [0.1, 0.15) is 21.6 Å². The maximum atomic E-state index is 13.2. The number of anilines is 1. The molecule has 132 valence electrons. The maximum absolute atomic E-state index is 13.2. The van der Waals surface area contributed by atoms with E-state index in [1.165, 1.54) is 18.2 Å². The van der Waals surface area contributed by atoms with Gasteiger partial charge in [-0.05, 0) is 42.5 Å². The maximum Gasteiger partial charge on any atom is 0.258 e. The van der Waals surface area contributed by atoms with Gasteiger partial charge in [-0.2, -0.15) is 16.9 Å². The van der Waals surface area contributed by atoms with Crippen LogP contribution in [-0.2, 0) is 11.5 Å². The summed E-state index contributed by atoms with van der Waals surface area (Å²) in [7, 11) is 0. The fourth-order valence-electron chi connectivity index (χ4n) is 2.76. The number of hydrogen-bond donors (Lipinski definition) is 1. The van der Waals surface area contributed by atoms with Crippen LogP contribution in [-0.4, -0.2) is 15.7 Å². The lowest BCUT2D eigenvalue weighted by Gasteiger charge is -2.12. The topological polar surface area (TPSA) is 46.9 Å². The van der Waals surface area contributed by atoms with Crippen LogP contribution in [0.15, 0.2) is 42.5 Å².